The molecule has 0 saturated carbocycles. The minimum absolute atomic E-state index is 0.0804. The lowest BCUT2D eigenvalue weighted by Gasteiger charge is -2.21. The summed E-state index contributed by atoms with van der Waals surface area (Å²) in [5, 5.41) is 0.985. The summed E-state index contributed by atoms with van der Waals surface area (Å²) in [6.07, 6.45) is 3.63. The molecule has 5 heteroatoms. The van der Waals surface area contributed by atoms with E-state index in [1.807, 2.05) is 85.1 Å². The second-order valence-electron chi connectivity index (χ2n) is 6.92. The first kappa shape index (κ1) is 19.2. The molecular weight excluding hydrogens is 380 g/mol. The molecule has 1 heterocycles. The Bertz CT molecular complexity index is 1240. The molecule has 0 fully saturated rings. The molecule has 0 aliphatic heterocycles. The van der Waals surface area contributed by atoms with E-state index in [1.54, 1.807) is 6.08 Å². The van der Waals surface area contributed by atoms with Crippen molar-refractivity contribution in [2.75, 3.05) is 0 Å². The maximum absolute atomic E-state index is 13.1. The van der Waals surface area contributed by atoms with Gasteiger partial charge in [-0.1, -0.05) is 85.5 Å². The Morgan fingerprint density at radius 2 is 1.59 bits per heavy atom. The van der Waals surface area contributed by atoms with Crippen molar-refractivity contribution in [3.8, 4) is 0 Å². The molecule has 0 bridgehead atoms. The van der Waals surface area contributed by atoms with Gasteiger partial charge in [0.15, 0.2) is 0 Å². The smallest absolute Gasteiger partial charge is 0.216 e. The molecule has 146 valence electrons. The Hall–Kier alpha value is -3.15. The number of fused-ring (bicyclic) bond motifs is 1. The van der Waals surface area contributed by atoms with Crippen molar-refractivity contribution < 1.29 is 8.42 Å². The summed E-state index contributed by atoms with van der Waals surface area (Å²) in [7, 11) is -3.60. The Morgan fingerprint density at radius 1 is 0.897 bits per heavy atom. The molecule has 4 rings (SSSR count). The third-order valence-corrected chi connectivity index (χ3v) is 6.26. The molecule has 1 aromatic heterocycles. The number of aromatic amines is 1. The average Bonchev–Trinajstić information content (AvgIpc) is 3.16. The summed E-state index contributed by atoms with van der Waals surface area (Å²) in [4.78, 5) is 3.25. The Morgan fingerprint density at radius 3 is 2.38 bits per heavy atom. The van der Waals surface area contributed by atoms with Crippen molar-refractivity contribution in [1.29, 1.82) is 0 Å². The van der Waals surface area contributed by atoms with Crippen molar-refractivity contribution in [1.82, 2.24) is 9.71 Å². The fourth-order valence-electron chi connectivity index (χ4n) is 3.60. The number of rotatable bonds is 7. The number of aromatic nitrogens is 1. The predicted octanol–water partition coefficient (Wildman–Crippen LogP) is 5.02. The van der Waals surface area contributed by atoms with Crippen LogP contribution in [0.4, 0.5) is 0 Å². The van der Waals surface area contributed by atoms with Crippen molar-refractivity contribution in [3.63, 3.8) is 0 Å². The van der Waals surface area contributed by atoms with E-state index in [-0.39, 0.29) is 5.75 Å². The summed E-state index contributed by atoms with van der Waals surface area (Å²) in [6.45, 7) is 3.90. The predicted molar refractivity (Wildman–Crippen MR) is 119 cm³/mol. The van der Waals surface area contributed by atoms with Crippen LogP contribution >= 0.6 is 0 Å². The zero-order chi connectivity index (χ0) is 20.3. The first-order valence-corrected chi connectivity index (χ1v) is 11.0. The third-order valence-electron chi connectivity index (χ3n) is 4.96. The molecule has 1 atom stereocenters. The van der Waals surface area contributed by atoms with Crippen LogP contribution < -0.4 is 4.72 Å². The first-order chi connectivity index (χ1) is 14.1. The van der Waals surface area contributed by atoms with Crippen LogP contribution in [0.3, 0.4) is 0 Å². The molecule has 4 nitrogen and oxygen atoms in total. The summed E-state index contributed by atoms with van der Waals surface area (Å²) < 4.78 is 29.1. The van der Waals surface area contributed by atoms with Crippen LogP contribution in [0.15, 0.2) is 91.6 Å². The molecule has 0 amide bonds. The van der Waals surface area contributed by atoms with Crippen molar-refractivity contribution in [3.05, 3.63) is 114 Å². The largest absolute Gasteiger partial charge is 0.361 e. The van der Waals surface area contributed by atoms with Gasteiger partial charge in [-0.3, -0.25) is 0 Å². The topological polar surface area (TPSA) is 62.0 Å². The molecule has 0 unspecified atom stereocenters. The maximum Gasteiger partial charge on any atom is 0.216 e. The zero-order valence-corrected chi connectivity index (χ0v) is 16.7. The second kappa shape index (κ2) is 8.07. The van der Waals surface area contributed by atoms with Gasteiger partial charge in [-0.05, 0) is 28.3 Å². The molecule has 0 aliphatic rings. The van der Waals surface area contributed by atoms with Crippen LogP contribution in [0.25, 0.3) is 17.0 Å². The zero-order valence-electron chi connectivity index (χ0n) is 15.9. The summed E-state index contributed by atoms with van der Waals surface area (Å²) >= 11 is 0. The lowest BCUT2D eigenvalue weighted by atomic mass is 9.95. The minimum atomic E-state index is -3.60. The van der Waals surface area contributed by atoms with Gasteiger partial charge in [0.25, 0.3) is 0 Å². The number of hydrogen-bond donors (Lipinski definition) is 2. The van der Waals surface area contributed by atoms with E-state index in [0.29, 0.717) is 0 Å². The third kappa shape index (κ3) is 4.16. The minimum Gasteiger partial charge on any atom is -0.361 e. The molecule has 0 spiro atoms. The Balaban J connectivity index is 1.79. The summed E-state index contributed by atoms with van der Waals surface area (Å²) in [5.74, 6) is -0.0804. The Kier molecular flexibility index (Phi) is 5.34. The SMILES string of the molecule is C=Cc1ccccc1[C@@H](NS(=O)(=O)Cc1ccccc1)c1c[nH]c2ccccc12. The number of nitrogens with one attached hydrogen (secondary N) is 2. The molecule has 0 radical (unpaired) electrons. The lowest BCUT2D eigenvalue weighted by molar-refractivity contribution is 0.571. The van der Waals surface area contributed by atoms with Crippen LogP contribution in [0.5, 0.6) is 0 Å². The standard InChI is InChI=1S/C24H22N2O2S/c1-2-19-12-6-7-13-20(19)24(22-16-25-23-15-9-8-14-21(22)23)26-29(27,28)17-18-10-4-3-5-11-18/h2-16,24-26H,1,17H2/t24-/m1/s1. The highest BCUT2D eigenvalue weighted by molar-refractivity contribution is 7.88. The number of hydrogen-bond acceptors (Lipinski definition) is 2. The lowest BCUT2D eigenvalue weighted by Crippen LogP contribution is -2.30. The first-order valence-electron chi connectivity index (χ1n) is 9.39. The van der Waals surface area contributed by atoms with Crippen molar-refractivity contribution in [2.24, 2.45) is 0 Å². The second-order valence-corrected chi connectivity index (χ2v) is 8.67. The van der Waals surface area contributed by atoms with E-state index < -0.39 is 16.1 Å². The maximum atomic E-state index is 13.1. The summed E-state index contributed by atoms with van der Waals surface area (Å²) in [6, 6.07) is 24.3. The molecule has 2 N–H and O–H groups in total. The van der Waals surface area contributed by atoms with E-state index >= 15 is 0 Å². The van der Waals surface area contributed by atoms with Crippen LogP contribution in [-0.2, 0) is 15.8 Å². The normalized spacial score (nSPS) is 12.7. The number of benzene rings is 3. The molecule has 4 aromatic rings. The van der Waals surface area contributed by atoms with Crippen molar-refractivity contribution >= 4 is 27.0 Å². The highest BCUT2D eigenvalue weighted by Gasteiger charge is 2.25. The highest BCUT2D eigenvalue weighted by Crippen LogP contribution is 2.32. The molecular formula is C24H22N2O2S. The average molecular weight is 403 g/mol. The van der Waals surface area contributed by atoms with Gasteiger partial charge in [-0.15, -0.1) is 0 Å². The van der Waals surface area contributed by atoms with Gasteiger partial charge in [0.05, 0.1) is 11.8 Å². The number of sulfonamides is 1. The van der Waals surface area contributed by atoms with Gasteiger partial charge in [0.1, 0.15) is 0 Å². The van der Waals surface area contributed by atoms with Gasteiger partial charge >= 0.3 is 0 Å². The van der Waals surface area contributed by atoms with E-state index in [1.165, 1.54) is 0 Å². The number of H-pyrrole nitrogens is 1. The van der Waals surface area contributed by atoms with E-state index in [4.69, 9.17) is 0 Å². The van der Waals surface area contributed by atoms with Crippen LogP contribution in [-0.4, -0.2) is 13.4 Å². The summed E-state index contributed by atoms with van der Waals surface area (Å²) in [5.41, 5.74) is 4.35. The van der Waals surface area contributed by atoms with Crippen molar-refractivity contribution in [2.45, 2.75) is 11.8 Å². The highest BCUT2D eigenvalue weighted by atomic mass is 32.2. The van der Waals surface area contributed by atoms with Gasteiger partial charge in [-0.2, -0.15) is 0 Å². The molecule has 0 saturated heterocycles. The molecule has 3 aromatic carbocycles. The van der Waals surface area contributed by atoms with Gasteiger partial charge in [0.2, 0.25) is 10.0 Å². The quantitative estimate of drug-likeness (QED) is 0.456. The van der Waals surface area contributed by atoms with E-state index in [9.17, 15) is 8.42 Å². The van der Waals surface area contributed by atoms with Gasteiger partial charge < -0.3 is 4.98 Å². The number of para-hydroxylation sites is 1. The molecule has 0 aliphatic carbocycles. The van der Waals surface area contributed by atoms with Crippen LogP contribution in [0.1, 0.15) is 28.3 Å². The van der Waals surface area contributed by atoms with Gasteiger partial charge in [-0.25, -0.2) is 13.1 Å². The van der Waals surface area contributed by atoms with E-state index in [0.717, 1.165) is 33.2 Å². The van der Waals surface area contributed by atoms with Crippen LogP contribution in [0, 0.1) is 0 Å². The molecule has 29 heavy (non-hydrogen) atoms. The van der Waals surface area contributed by atoms with Crippen LogP contribution in [0.2, 0.25) is 0 Å². The monoisotopic (exact) mass is 402 g/mol. The van der Waals surface area contributed by atoms with E-state index in [2.05, 4.69) is 16.3 Å². The van der Waals surface area contributed by atoms with Gasteiger partial charge in [0, 0.05) is 17.1 Å². The fourth-order valence-corrected chi connectivity index (χ4v) is 4.93. The Labute approximate surface area is 171 Å². The fraction of sp³-hybridized carbons (Fsp3) is 0.0833.